The van der Waals surface area contributed by atoms with Gasteiger partial charge in [-0.1, -0.05) is 48.0 Å². The van der Waals surface area contributed by atoms with E-state index >= 15 is 0 Å². The number of hydrogen-bond acceptors (Lipinski definition) is 2. The number of rotatable bonds is 5. The van der Waals surface area contributed by atoms with Crippen LogP contribution in [0.3, 0.4) is 0 Å². The van der Waals surface area contributed by atoms with E-state index < -0.39 is 6.10 Å². The van der Waals surface area contributed by atoms with Crippen LogP contribution in [0.1, 0.15) is 17.2 Å². The summed E-state index contributed by atoms with van der Waals surface area (Å²) in [6, 6.07) is 18.7. The molecule has 2 aromatic carbocycles. The van der Waals surface area contributed by atoms with Crippen LogP contribution in [0.5, 0.6) is 0 Å². The minimum atomic E-state index is -0.497. The third-order valence-electron chi connectivity index (χ3n) is 4.13. The fourth-order valence-corrected chi connectivity index (χ4v) is 3.00. The molecular weight excluding hydrogens is 272 g/mol. The summed E-state index contributed by atoms with van der Waals surface area (Å²) in [6.45, 7) is 2.62. The molecule has 0 amide bonds. The average Bonchev–Trinajstić information content (AvgIpc) is 2.94. The summed E-state index contributed by atoms with van der Waals surface area (Å²) in [4.78, 5) is 0. The number of nitrogens with one attached hydrogen (secondary N) is 1. The Bertz CT molecular complexity index is 745. The van der Waals surface area contributed by atoms with Crippen LogP contribution in [0.4, 0.5) is 0 Å². The number of aromatic nitrogens is 1. The molecule has 3 heteroatoms. The van der Waals surface area contributed by atoms with Gasteiger partial charge in [0.25, 0.3) is 0 Å². The van der Waals surface area contributed by atoms with E-state index in [2.05, 4.69) is 65.5 Å². The first-order valence-electron chi connectivity index (χ1n) is 7.65. The first kappa shape index (κ1) is 14.8. The smallest absolute Gasteiger partial charge is 0.0912 e. The van der Waals surface area contributed by atoms with E-state index in [9.17, 15) is 5.11 Å². The predicted molar refractivity (Wildman–Crippen MR) is 91.2 cm³/mol. The van der Waals surface area contributed by atoms with Crippen molar-refractivity contribution >= 4 is 10.9 Å². The Morgan fingerprint density at radius 1 is 1.05 bits per heavy atom. The molecule has 3 rings (SSSR count). The molecule has 0 saturated carbocycles. The molecular formula is C19H22N2O. The topological polar surface area (TPSA) is 37.2 Å². The van der Waals surface area contributed by atoms with Crippen molar-refractivity contribution in [3.63, 3.8) is 0 Å². The second kappa shape index (κ2) is 6.34. The van der Waals surface area contributed by atoms with E-state index in [1.165, 1.54) is 10.9 Å². The van der Waals surface area contributed by atoms with Gasteiger partial charge >= 0.3 is 0 Å². The molecule has 0 aliphatic rings. The summed E-state index contributed by atoms with van der Waals surface area (Å²) in [7, 11) is 1.86. The highest BCUT2D eigenvalue weighted by molar-refractivity contribution is 5.80. The van der Waals surface area contributed by atoms with Gasteiger partial charge in [-0.2, -0.15) is 0 Å². The molecule has 0 saturated heterocycles. The monoisotopic (exact) mass is 294 g/mol. The lowest BCUT2D eigenvalue weighted by Gasteiger charge is -2.26. The Morgan fingerprint density at radius 3 is 2.50 bits per heavy atom. The summed E-state index contributed by atoms with van der Waals surface area (Å²) >= 11 is 0. The van der Waals surface area contributed by atoms with Crippen LogP contribution in [-0.2, 0) is 0 Å². The fourth-order valence-electron chi connectivity index (χ4n) is 3.00. The minimum Gasteiger partial charge on any atom is -0.389 e. The van der Waals surface area contributed by atoms with Gasteiger partial charge in [0.15, 0.2) is 0 Å². The molecule has 0 radical (unpaired) electrons. The number of aliphatic hydroxyl groups excluding tert-OH is 1. The van der Waals surface area contributed by atoms with E-state index in [0.29, 0.717) is 6.54 Å². The first-order valence-corrected chi connectivity index (χ1v) is 7.65. The molecule has 2 atom stereocenters. The van der Waals surface area contributed by atoms with Crippen molar-refractivity contribution in [2.75, 3.05) is 13.6 Å². The summed E-state index contributed by atoms with van der Waals surface area (Å²) in [5.41, 5.74) is 3.49. The lowest BCUT2D eigenvalue weighted by Crippen LogP contribution is -2.33. The molecule has 22 heavy (non-hydrogen) atoms. The highest BCUT2D eigenvalue weighted by Crippen LogP contribution is 2.28. The Hall–Kier alpha value is -2.10. The largest absolute Gasteiger partial charge is 0.389 e. The molecule has 0 fully saturated rings. The Morgan fingerprint density at radius 2 is 1.77 bits per heavy atom. The summed E-state index contributed by atoms with van der Waals surface area (Å²) in [5.74, 6) is 0. The van der Waals surface area contributed by atoms with Crippen molar-refractivity contribution in [1.82, 2.24) is 9.88 Å². The van der Waals surface area contributed by atoms with Gasteiger partial charge < -0.3 is 15.0 Å². The zero-order valence-corrected chi connectivity index (χ0v) is 13.0. The first-order chi connectivity index (χ1) is 10.7. The normalized spacial score (nSPS) is 14.1. The Kier molecular flexibility index (Phi) is 4.27. The van der Waals surface area contributed by atoms with Gasteiger partial charge in [-0.25, -0.2) is 0 Å². The number of nitrogens with zero attached hydrogens (tertiary/aromatic N) is 1. The molecule has 3 nitrogen and oxygen atoms in total. The number of hydrogen-bond donors (Lipinski definition) is 2. The maximum atomic E-state index is 10.7. The summed E-state index contributed by atoms with van der Waals surface area (Å²) in [5, 5.41) is 14.9. The van der Waals surface area contributed by atoms with E-state index in [0.717, 1.165) is 11.1 Å². The van der Waals surface area contributed by atoms with Crippen molar-refractivity contribution in [1.29, 1.82) is 0 Å². The highest BCUT2D eigenvalue weighted by atomic mass is 16.3. The molecule has 0 bridgehead atoms. The van der Waals surface area contributed by atoms with Gasteiger partial charge in [-0.05, 0) is 37.1 Å². The molecule has 114 valence electrons. The molecule has 3 aromatic rings. The summed E-state index contributed by atoms with van der Waals surface area (Å²) < 4.78 is 2.17. The molecule has 0 aliphatic heterocycles. The van der Waals surface area contributed by atoms with Crippen molar-refractivity contribution in [3.05, 3.63) is 71.9 Å². The van der Waals surface area contributed by atoms with E-state index in [1.54, 1.807) is 0 Å². The number of likely N-dealkylation sites (N-methyl/N-ethyl adjacent to an activating group) is 1. The van der Waals surface area contributed by atoms with Crippen LogP contribution in [0.2, 0.25) is 0 Å². The van der Waals surface area contributed by atoms with Crippen molar-refractivity contribution in [2.45, 2.75) is 19.1 Å². The van der Waals surface area contributed by atoms with Crippen LogP contribution in [0.15, 0.2) is 60.8 Å². The SMILES string of the molecule is CNCC(O)C(c1ccc(C)cc1)n1ccc2ccccc21. The fraction of sp³-hybridized carbons (Fsp3) is 0.263. The van der Waals surface area contributed by atoms with E-state index in [4.69, 9.17) is 0 Å². The van der Waals surface area contributed by atoms with Gasteiger partial charge in [-0.15, -0.1) is 0 Å². The van der Waals surface area contributed by atoms with Crippen LogP contribution in [0, 0.1) is 6.92 Å². The van der Waals surface area contributed by atoms with Crippen molar-refractivity contribution < 1.29 is 5.11 Å². The lowest BCUT2D eigenvalue weighted by atomic mass is 9.99. The molecule has 2 unspecified atom stereocenters. The maximum Gasteiger partial charge on any atom is 0.0912 e. The van der Waals surface area contributed by atoms with Crippen LogP contribution in [-0.4, -0.2) is 29.4 Å². The Balaban J connectivity index is 2.10. The number of para-hydroxylation sites is 1. The zero-order chi connectivity index (χ0) is 15.5. The van der Waals surface area contributed by atoms with Crippen LogP contribution in [0.25, 0.3) is 10.9 Å². The second-order valence-electron chi connectivity index (χ2n) is 5.76. The third kappa shape index (κ3) is 2.78. The van der Waals surface area contributed by atoms with Gasteiger partial charge in [0.05, 0.1) is 12.1 Å². The lowest BCUT2D eigenvalue weighted by molar-refractivity contribution is 0.132. The van der Waals surface area contributed by atoms with Crippen molar-refractivity contribution in [3.8, 4) is 0 Å². The minimum absolute atomic E-state index is 0.104. The third-order valence-corrected chi connectivity index (χ3v) is 4.13. The maximum absolute atomic E-state index is 10.7. The molecule has 0 spiro atoms. The van der Waals surface area contributed by atoms with Gasteiger partial charge in [0, 0.05) is 18.3 Å². The second-order valence-corrected chi connectivity index (χ2v) is 5.76. The number of fused-ring (bicyclic) bond motifs is 1. The van der Waals surface area contributed by atoms with Crippen molar-refractivity contribution in [2.24, 2.45) is 0 Å². The average molecular weight is 294 g/mol. The van der Waals surface area contributed by atoms with Gasteiger partial charge in [0.1, 0.15) is 0 Å². The molecule has 1 heterocycles. The van der Waals surface area contributed by atoms with Crippen LogP contribution >= 0.6 is 0 Å². The zero-order valence-electron chi connectivity index (χ0n) is 13.0. The number of aliphatic hydroxyl groups is 1. The highest BCUT2D eigenvalue weighted by Gasteiger charge is 2.23. The molecule has 2 N–H and O–H groups in total. The van der Waals surface area contributed by atoms with Gasteiger partial charge in [0.2, 0.25) is 0 Å². The molecule has 1 aromatic heterocycles. The number of aryl methyl sites for hydroxylation is 1. The standard InChI is InChI=1S/C19H22N2O/c1-14-7-9-16(10-8-14)19(18(22)13-20-2)21-12-11-15-5-3-4-6-17(15)21/h3-12,18-20,22H,13H2,1-2H3. The Labute approximate surface area is 131 Å². The molecule has 0 aliphatic carbocycles. The predicted octanol–water partition coefficient (Wildman–Crippen LogP) is 3.12. The van der Waals surface area contributed by atoms with Crippen LogP contribution < -0.4 is 5.32 Å². The number of benzene rings is 2. The van der Waals surface area contributed by atoms with Gasteiger partial charge in [-0.3, -0.25) is 0 Å². The van der Waals surface area contributed by atoms with E-state index in [1.807, 2.05) is 19.2 Å². The quantitative estimate of drug-likeness (QED) is 0.758. The summed E-state index contributed by atoms with van der Waals surface area (Å²) in [6.07, 6.45) is 1.57. The van der Waals surface area contributed by atoms with E-state index in [-0.39, 0.29) is 6.04 Å².